The molecule has 1 aromatic carbocycles. The molecule has 5 nitrogen and oxygen atoms in total. The molecule has 24 heavy (non-hydrogen) atoms. The lowest BCUT2D eigenvalue weighted by Gasteiger charge is -2.29. The van der Waals surface area contributed by atoms with E-state index in [9.17, 15) is 4.79 Å². The van der Waals surface area contributed by atoms with Gasteiger partial charge in [0, 0.05) is 25.8 Å². The van der Waals surface area contributed by atoms with Gasteiger partial charge in [0.1, 0.15) is 0 Å². The van der Waals surface area contributed by atoms with Crippen molar-refractivity contribution in [2.24, 2.45) is 10.9 Å². The lowest BCUT2D eigenvalue weighted by molar-refractivity contribution is -0.117. The number of amides is 1. The van der Waals surface area contributed by atoms with Gasteiger partial charge in [-0.25, -0.2) is 0 Å². The lowest BCUT2D eigenvalue weighted by Crippen LogP contribution is -2.46. The Labute approximate surface area is 162 Å². The maximum Gasteiger partial charge on any atom is 0.246 e. The first kappa shape index (κ1) is 20.7. The average Bonchev–Trinajstić information content (AvgIpc) is 2.56. The second kappa shape index (κ2) is 10.5. The Hall–Kier alpha value is -1.31. The van der Waals surface area contributed by atoms with Crippen molar-refractivity contribution in [3.63, 3.8) is 0 Å². The highest BCUT2D eigenvalue weighted by atomic mass is 127. The van der Waals surface area contributed by atoms with Crippen molar-refractivity contribution in [3.8, 4) is 0 Å². The van der Waals surface area contributed by atoms with Crippen LogP contribution >= 0.6 is 24.0 Å². The molecular weight excluding hydrogens is 415 g/mol. The fraction of sp³-hybridized carbons (Fsp3) is 0.556. The zero-order valence-corrected chi connectivity index (χ0v) is 17.2. The maximum atomic E-state index is 12.5. The van der Waals surface area contributed by atoms with Gasteiger partial charge in [-0.15, -0.1) is 24.0 Å². The van der Waals surface area contributed by atoms with E-state index in [0.717, 1.165) is 38.0 Å². The minimum atomic E-state index is 0. The molecule has 0 spiro atoms. The highest BCUT2D eigenvalue weighted by Gasteiger charge is 2.21. The van der Waals surface area contributed by atoms with E-state index in [4.69, 9.17) is 0 Å². The number of guanidine groups is 1. The number of hydrogen-bond acceptors (Lipinski definition) is 2. The average molecular weight is 444 g/mol. The van der Waals surface area contributed by atoms with E-state index in [2.05, 4.69) is 35.5 Å². The number of aryl methyl sites for hydroxylation is 1. The summed E-state index contributed by atoms with van der Waals surface area (Å²) in [7, 11) is 1.73. The number of halogens is 1. The molecule has 2 rings (SSSR count). The predicted octanol–water partition coefficient (Wildman–Crippen LogP) is 2.79. The maximum absolute atomic E-state index is 12.5. The molecule has 1 heterocycles. The zero-order valence-electron chi connectivity index (χ0n) is 14.8. The van der Waals surface area contributed by atoms with E-state index >= 15 is 0 Å². The molecule has 0 fully saturated rings. The topological polar surface area (TPSA) is 56.7 Å². The van der Waals surface area contributed by atoms with E-state index in [1.54, 1.807) is 7.05 Å². The largest absolute Gasteiger partial charge is 0.356 e. The summed E-state index contributed by atoms with van der Waals surface area (Å²) in [6, 6.07) is 8.16. The number of anilines is 1. The number of para-hydroxylation sites is 1. The Morgan fingerprint density at radius 3 is 2.75 bits per heavy atom. The second-order valence-electron chi connectivity index (χ2n) is 6.31. The Morgan fingerprint density at radius 2 is 2.04 bits per heavy atom. The number of carbonyl (C=O) groups excluding carboxylic acids is 1. The van der Waals surface area contributed by atoms with Crippen LogP contribution in [-0.4, -0.2) is 38.5 Å². The molecule has 0 unspecified atom stereocenters. The van der Waals surface area contributed by atoms with E-state index < -0.39 is 0 Å². The van der Waals surface area contributed by atoms with Gasteiger partial charge in [-0.05, 0) is 36.8 Å². The first-order chi connectivity index (χ1) is 11.1. The molecule has 134 valence electrons. The monoisotopic (exact) mass is 444 g/mol. The lowest BCUT2D eigenvalue weighted by atomic mass is 10.0. The van der Waals surface area contributed by atoms with Crippen LogP contribution in [0.25, 0.3) is 0 Å². The molecule has 1 aromatic rings. The predicted molar refractivity (Wildman–Crippen MR) is 111 cm³/mol. The number of aliphatic imine (C=N–C) groups is 1. The Kier molecular flexibility index (Phi) is 9.10. The Balaban J connectivity index is 0.00000288. The van der Waals surface area contributed by atoms with Crippen LogP contribution in [0, 0.1) is 5.92 Å². The van der Waals surface area contributed by atoms with Gasteiger partial charge in [0.05, 0.1) is 6.54 Å². The van der Waals surface area contributed by atoms with Gasteiger partial charge >= 0.3 is 0 Å². The molecule has 0 saturated heterocycles. The van der Waals surface area contributed by atoms with Gasteiger partial charge < -0.3 is 15.5 Å². The van der Waals surface area contributed by atoms with Gasteiger partial charge in [-0.3, -0.25) is 9.79 Å². The molecule has 6 heteroatoms. The summed E-state index contributed by atoms with van der Waals surface area (Å²) in [6.45, 7) is 6.29. The van der Waals surface area contributed by atoms with Crippen LogP contribution in [0.2, 0.25) is 0 Å². The van der Waals surface area contributed by atoms with Crippen LogP contribution in [-0.2, 0) is 11.2 Å². The summed E-state index contributed by atoms with van der Waals surface area (Å²) in [5.74, 6) is 1.42. The zero-order chi connectivity index (χ0) is 16.7. The molecule has 1 aliphatic rings. The molecule has 0 aliphatic carbocycles. The van der Waals surface area contributed by atoms with Gasteiger partial charge in [-0.1, -0.05) is 32.0 Å². The summed E-state index contributed by atoms with van der Waals surface area (Å²) in [4.78, 5) is 18.6. The van der Waals surface area contributed by atoms with Gasteiger partial charge in [0.2, 0.25) is 5.91 Å². The quantitative estimate of drug-likeness (QED) is 0.417. The molecule has 0 aromatic heterocycles. The molecule has 2 N–H and O–H groups in total. The van der Waals surface area contributed by atoms with Crippen LogP contribution in [0.3, 0.4) is 0 Å². The van der Waals surface area contributed by atoms with E-state index in [1.165, 1.54) is 5.56 Å². The number of fused-ring (bicyclic) bond motifs is 1. The van der Waals surface area contributed by atoms with Crippen molar-refractivity contribution in [2.45, 2.75) is 33.1 Å². The molecule has 0 atom stereocenters. The molecular formula is C18H29IN4O. The first-order valence-electron chi connectivity index (χ1n) is 8.44. The summed E-state index contributed by atoms with van der Waals surface area (Å²) in [6.07, 6.45) is 3.14. The fourth-order valence-electron chi connectivity index (χ4n) is 2.75. The van der Waals surface area contributed by atoms with E-state index in [0.29, 0.717) is 11.9 Å². The molecule has 1 amide bonds. The van der Waals surface area contributed by atoms with E-state index in [1.807, 2.05) is 23.1 Å². The SMILES string of the molecule is CN=C(NCCC(C)C)NCC(=O)N1CCCc2ccccc21.I. The number of benzene rings is 1. The van der Waals surface area contributed by atoms with E-state index in [-0.39, 0.29) is 36.4 Å². The third kappa shape index (κ3) is 5.96. The Morgan fingerprint density at radius 1 is 1.29 bits per heavy atom. The van der Waals surface area contributed by atoms with Crippen LogP contribution in [0.1, 0.15) is 32.3 Å². The van der Waals surface area contributed by atoms with Crippen molar-refractivity contribution in [1.29, 1.82) is 0 Å². The minimum Gasteiger partial charge on any atom is -0.356 e. The normalized spacial score (nSPS) is 14.0. The molecule has 0 bridgehead atoms. The number of nitrogens with one attached hydrogen (secondary N) is 2. The third-order valence-electron chi connectivity index (χ3n) is 4.06. The number of rotatable bonds is 5. The van der Waals surface area contributed by atoms with Crippen LogP contribution in [0.4, 0.5) is 5.69 Å². The molecule has 1 aliphatic heterocycles. The highest BCUT2D eigenvalue weighted by Crippen LogP contribution is 2.26. The van der Waals surface area contributed by atoms with Crippen molar-refractivity contribution in [2.75, 3.05) is 31.6 Å². The minimum absolute atomic E-state index is 0. The number of carbonyl (C=O) groups is 1. The smallest absolute Gasteiger partial charge is 0.246 e. The summed E-state index contributed by atoms with van der Waals surface area (Å²) in [5.41, 5.74) is 2.31. The van der Waals surface area contributed by atoms with Gasteiger partial charge in [0.15, 0.2) is 5.96 Å². The molecule has 0 radical (unpaired) electrons. The van der Waals surface area contributed by atoms with Gasteiger partial charge in [-0.2, -0.15) is 0 Å². The Bertz CT molecular complexity index is 560. The van der Waals surface area contributed by atoms with Crippen molar-refractivity contribution in [3.05, 3.63) is 29.8 Å². The van der Waals surface area contributed by atoms with Crippen LogP contribution in [0.15, 0.2) is 29.3 Å². The number of nitrogens with zero attached hydrogens (tertiary/aromatic N) is 2. The fourth-order valence-corrected chi connectivity index (χ4v) is 2.75. The van der Waals surface area contributed by atoms with Gasteiger partial charge in [0.25, 0.3) is 0 Å². The van der Waals surface area contributed by atoms with Crippen molar-refractivity contribution < 1.29 is 4.79 Å². The van der Waals surface area contributed by atoms with Crippen molar-refractivity contribution in [1.82, 2.24) is 10.6 Å². The highest BCUT2D eigenvalue weighted by molar-refractivity contribution is 14.0. The molecule has 0 saturated carbocycles. The van der Waals surface area contributed by atoms with Crippen LogP contribution < -0.4 is 15.5 Å². The second-order valence-corrected chi connectivity index (χ2v) is 6.31. The van der Waals surface area contributed by atoms with Crippen LogP contribution in [0.5, 0.6) is 0 Å². The third-order valence-corrected chi connectivity index (χ3v) is 4.06. The summed E-state index contributed by atoms with van der Waals surface area (Å²) < 4.78 is 0. The first-order valence-corrected chi connectivity index (χ1v) is 8.44. The van der Waals surface area contributed by atoms with Crippen molar-refractivity contribution >= 4 is 41.5 Å². The standard InChI is InChI=1S/C18H28N4O.HI/c1-14(2)10-11-20-18(19-3)21-13-17(23)22-12-6-8-15-7-4-5-9-16(15)22;/h4-5,7,9,14H,6,8,10-13H2,1-3H3,(H2,19,20,21);1H. The summed E-state index contributed by atoms with van der Waals surface area (Å²) in [5, 5.41) is 6.37. The number of hydrogen-bond donors (Lipinski definition) is 2. The summed E-state index contributed by atoms with van der Waals surface area (Å²) >= 11 is 0.